The summed E-state index contributed by atoms with van der Waals surface area (Å²) in [6.07, 6.45) is -0.0392. The van der Waals surface area contributed by atoms with Gasteiger partial charge in [0.15, 0.2) is 0 Å². The van der Waals surface area contributed by atoms with Crippen molar-refractivity contribution in [1.29, 1.82) is 0 Å². The monoisotopic (exact) mass is 415 g/mol. The van der Waals surface area contributed by atoms with Crippen molar-refractivity contribution in [2.45, 2.75) is 12.0 Å². The van der Waals surface area contributed by atoms with E-state index in [1.54, 1.807) is 36.4 Å². The fourth-order valence-corrected chi connectivity index (χ4v) is 3.20. The van der Waals surface area contributed by atoms with Crippen LogP contribution >= 0.6 is 15.9 Å². The maximum absolute atomic E-state index is 12.6. The molecule has 1 saturated heterocycles. The van der Waals surface area contributed by atoms with E-state index in [0.717, 1.165) is 4.47 Å². The number of carbonyl (C=O) groups excluding carboxylic acids is 4. The van der Waals surface area contributed by atoms with Crippen LogP contribution in [0.15, 0.2) is 59.1 Å². The van der Waals surface area contributed by atoms with Gasteiger partial charge in [0, 0.05) is 4.47 Å². The molecule has 0 aromatic heterocycles. The van der Waals surface area contributed by atoms with Crippen LogP contribution in [-0.4, -0.2) is 23.8 Å². The number of benzene rings is 2. The maximum atomic E-state index is 12.6. The molecule has 0 saturated carbocycles. The van der Waals surface area contributed by atoms with E-state index in [-0.39, 0.29) is 12.0 Å². The Bertz CT molecular complexity index is 878. The summed E-state index contributed by atoms with van der Waals surface area (Å²) >= 11 is 3.33. The second-order valence-electron chi connectivity index (χ2n) is 5.71. The molecule has 1 fully saturated rings. The number of barbiturate groups is 1. The number of amides is 5. The van der Waals surface area contributed by atoms with Gasteiger partial charge >= 0.3 is 6.03 Å². The molecule has 0 atom stereocenters. The molecule has 3 N–H and O–H groups in total. The molecule has 0 radical (unpaired) electrons. The second kappa shape index (κ2) is 7.09. The van der Waals surface area contributed by atoms with E-state index < -0.39 is 29.3 Å². The number of imide groups is 2. The third-order valence-corrected chi connectivity index (χ3v) is 4.42. The van der Waals surface area contributed by atoms with Gasteiger partial charge in [0.05, 0.1) is 6.42 Å². The lowest BCUT2D eigenvalue weighted by atomic mass is 9.86. The lowest BCUT2D eigenvalue weighted by molar-refractivity contribution is -0.144. The Morgan fingerprint density at radius 2 is 1.62 bits per heavy atom. The molecule has 0 bridgehead atoms. The smallest absolute Gasteiger partial charge is 0.328 e. The van der Waals surface area contributed by atoms with E-state index in [0.29, 0.717) is 5.56 Å². The van der Waals surface area contributed by atoms with Gasteiger partial charge in [0.25, 0.3) is 11.8 Å². The van der Waals surface area contributed by atoms with Gasteiger partial charge in [-0.1, -0.05) is 58.4 Å². The predicted molar refractivity (Wildman–Crippen MR) is 95.8 cm³/mol. The SMILES string of the molecule is O=C(Cc1cccc(Br)c1)NC1(c2ccccc2)C(=O)NC(=O)NC1=O. The Balaban J connectivity index is 1.94. The average molecular weight is 416 g/mol. The Labute approximate surface area is 157 Å². The zero-order valence-corrected chi connectivity index (χ0v) is 15.0. The largest absolute Gasteiger partial charge is 0.330 e. The number of carbonyl (C=O) groups is 4. The third-order valence-electron chi connectivity index (χ3n) is 3.92. The van der Waals surface area contributed by atoms with Gasteiger partial charge < -0.3 is 5.32 Å². The van der Waals surface area contributed by atoms with Gasteiger partial charge in [0.2, 0.25) is 11.4 Å². The first-order valence-corrected chi connectivity index (χ1v) is 8.49. The molecule has 0 spiro atoms. The molecule has 1 heterocycles. The minimum Gasteiger partial charge on any atom is -0.330 e. The van der Waals surface area contributed by atoms with Crippen LogP contribution in [0.4, 0.5) is 4.79 Å². The molecule has 0 aliphatic carbocycles. The van der Waals surface area contributed by atoms with Crippen LogP contribution in [-0.2, 0) is 26.3 Å². The topological polar surface area (TPSA) is 104 Å². The minimum atomic E-state index is -2.02. The highest BCUT2D eigenvalue weighted by Crippen LogP contribution is 2.24. The summed E-state index contributed by atoms with van der Waals surface area (Å²) in [4.78, 5) is 49.1. The third kappa shape index (κ3) is 3.36. The van der Waals surface area contributed by atoms with Gasteiger partial charge in [-0.3, -0.25) is 25.0 Å². The molecule has 5 amide bonds. The molecule has 3 rings (SSSR count). The normalized spacial score (nSPS) is 15.8. The van der Waals surface area contributed by atoms with Crippen LogP contribution in [0, 0.1) is 0 Å². The zero-order chi connectivity index (χ0) is 18.7. The van der Waals surface area contributed by atoms with Crippen LogP contribution in [0.3, 0.4) is 0 Å². The van der Waals surface area contributed by atoms with Gasteiger partial charge in [0.1, 0.15) is 0 Å². The maximum Gasteiger partial charge on any atom is 0.328 e. The van der Waals surface area contributed by atoms with Crippen LogP contribution in [0.2, 0.25) is 0 Å². The average Bonchev–Trinajstić information content (AvgIpc) is 2.59. The fourth-order valence-electron chi connectivity index (χ4n) is 2.75. The molecule has 132 valence electrons. The van der Waals surface area contributed by atoms with Crippen molar-refractivity contribution in [3.05, 3.63) is 70.2 Å². The molecule has 8 heteroatoms. The highest BCUT2D eigenvalue weighted by atomic mass is 79.9. The summed E-state index contributed by atoms with van der Waals surface area (Å²) in [5, 5.41) is 6.60. The Morgan fingerprint density at radius 1 is 0.962 bits per heavy atom. The summed E-state index contributed by atoms with van der Waals surface area (Å²) in [5.41, 5.74) is -1.06. The van der Waals surface area contributed by atoms with E-state index in [2.05, 4.69) is 21.2 Å². The number of hydrogen-bond donors (Lipinski definition) is 3. The highest BCUT2D eigenvalue weighted by Gasteiger charge is 2.53. The molecule has 1 aliphatic rings. The van der Waals surface area contributed by atoms with Gasteiger partial charge in [-0.25, -0.2) is 4.79 Å². The zero-order valence-electron chi connectivity index (χ0n) is 13.4. The van der Waals surface area contributed by atoms with E-state index in [1.165, 1.54) is 12.1 Å². The van der Waals surface area contributed by atoms with Crippen molar-refractivity contribution in [3.63, 3.8) is 0 Å². The Kier molecular flexibility index (Phi) is 4.85. The number of halogens is 1. The number of rotatable bonds is 4. The van der Waals surface area contributed by atoms with Gasteiger partial charge in [-0.15, -0.1) is 0 Å². The van der Waals surface area contributed by atoms with Crippen LogP contribution < -0.4 is 16.0 Å². The Morgan fingerprint density at radius 3 is 2.23 bits per heavy atom. The van der Waals surface area contributed by atoms with Crippen molar-refractivity contribution in [2.75, 3.05) is 0 Å². The van der Waals surface area contributed by atoms with Crippen molar-refractivity contribution in [1.82, 2.24) is 16.0 Å². The van der Waals surface area contributed by atoms with E-state index in [1.807, 2.05) is 16.7 Å². The summed E-state index contributed by atoms with van der Waals surface area (Å²) in [6, 6.07) is 14.2. The first kappa shape index (κ1) is 17.8. The van der Waals surface area contributed by atoms with Crippen molar-refractivity contribution in [3.8, 4) is 0 Å². The minimum absolute atomic E-state index is 0.0392. The van der Waals surface area contributed by atoms with Crippen molar-refractivity contribution >= 4 is 39.7 Å². The van der Waals surface area contributed by atoms with Crippen LogP contribution in [0.5, 0.6) is 0 Å². The summed E-state index contributed by atoms with van der Waals surface area (Å²) in [6.45, 7) is 0. The quantitative estimate of drug-likeness (QED) is 0.655. The first-order chi connectivity index (χ1) is 12.4. The fraction of sp³-hybridized carbons (Fsp3) is 0.111. The van der Waals surface area contributed by atoms with Gasteiger partial charge in [-0.2, -0.15) is 0 Å². The number of nitrogens with one attached hydrogen (secondary N) is 3. The molecule has 0 unspecified atom stereocenters. The predicted octanol–water partition coefficient (Wildman–Crippen LogP) is 1.37. The first-order valence-electron chi connectivity index (χ1n) is 7.69. The highest BCUT2D eigenvalue weighted by molar-refractivity contribution is 9.10. The van der Waals surface area contributed by atoms with Crippen LogP contribution in [0.25, 0.3) is 0 Å². The summed E-state index contributed by atoms with van der Waals surface area (Å²) < 4.78 is 0.805. The van der Waals surface area contributed by atoms with Crippen molar-refractivity contribution in [2.24, 2.45) is 0 Å². The Hall–Kier alpha value is -3.00. The summed E-state index contributed by atoms with van der Waals surface area (Å²) in [5.74, 6) is -2.34. The molecule has 2 aromatic carbocycles. The number of urea groups is 1. The second-order valence-corrected chi connectivity index (χ2v) is 6.62. The van der Waals surface area contributed by atoms with Gasteiger partial charge in [-0.05, 0) is 23.3 Å². The molecule has 26 heavy (non-hydrogen) atoms. The lowest BCUT2D eigenvalue weighted by Crippen LogP contribution is -2.71. The van der Waals surface area contributed by atoms with Crippen molar-refractivity contribution < 1.29 is 19.2 Å². The number of hydrogen-bond acceptors (Lipinski definition) is 4. The molecule has 7 nitrogen and oxygen atoms in total. The molecule has 1 aliphatic heterocycles. The lowest BCUT2D eigenvalue weighted by Gasteiger charge is -2.34. The molecular weight excluding hydrogens is 402 g/mol. The molecular formula is C18H14BrN3O4. The van der Waals surface area contributed by atoms with E-state index >= 15 is 0 Å². The summed E-state index contributed by atoms with van der Waals surface area (Å²) in [7, 11) is 0. The van der Waals surface area contributed by atoms with E-state index in [9.17, 15) is 19.2 Å². The standard InChI is InChI=1S/C18H14BrN3O4/c19-13-8-4-5-11(9-13)10-14(23)22-18(12-6-2-1-3-7-12)15(24)20-17(26)21-16(18)25/h1-9H,10H2,(H,22,23)(H2,20,21,24,25,26). The molecule has 2 aromatic rings. The van der Waals surface area contributed by atoms with Crippen LogP contribution in [0.1, 0.15) is 11.1 Å². The van der Waals surface area contributed by atoms with E-state index in [4.69, 9.17) is 0 Å².